The normalized spacial score (nSPS) is 12.2. The molecule has 4 nitrogen and oxygen atoms in total. The molecule has 0 bridgehead atoms. The number of benzene rings is 1. The molecular formula is C12H20N2O2. The molecule has 0 aliphatic carbocycles. The molecule has 1 unspecified atom stereocenters. The molecule has 0 saturated carbocycles. The summed E-state index contributed by atoms with van der Waals surface area (Å²) in [6.45, 7) is 2.59. The van der Waals surface area contributed by atoms with E-state index in [1.54, 1.807) is 14.0 Å². The Morgan fingerprint density at radius 3 is 2.88 bits per heavy atom. The number of rotatable bonds is 6. The number of anilines is 2. The summed E-state index contributed by atoms with van der Waals surface area (Å²) in [4.78, 5) is 0. The van der Waals surface area contributed by atoms with Crippen molar-refractivity contribution in [1.82, 2.24) is 0 Å². The Hall–Kier alpha value is -1.42. The third-order valence-corrected chi connectivity index (χ3v) is 2.37. The Kier molecular flexibility index (Phi) is 4.92. The maximum atomic E-state index is 9.11. The van der Waals surface area contributed by atoms with Gasteiger partial charge in [0, 0.05) is 12.6 Å². The van der Waals surface area contributed by atoms with Crippen LogP contribution >= 0.6 is 0 Å². The van der Waals surface area contributed by atoms with Gasteiger partial charge in [-0.3, -0.25) is 0 Å². The second kappa shape index (κ2) is 6.23. The fourth-order valence-electron chi connectivity index (χ4n) is 1.44. The summed E-state index contributed by atoms with van der Waals surface area (Å²) < 4.78 is 5.12. The predicted octanol–water partition coefficient (Wildman–Crippen LogP) is 1.85. The van der Waals surface area contributed by atoms with Crippen molar-refractivity contribution in [1.29, 1.82) is 0 Å². The van der Waals surface area contributed by atoms with E-state index in [1.807, 2.05) is 18.2 Å². The lowest BCUT2D eigenvalue weighted by Crippen LogP contribution is -2.07. The molecule has 1 aromatic rings. The van der Waals surface area contributed by atoms with E-state index in [4.69, 9.17) is 15.6 Å². The van der Waals surface area contributed by atoms with Gasteiger partial charge in [0.1, 0.15) is 5.75 Å². The van der Waals surface area contributed by atoms with Gasteiger partial charge in [0.05, 0.1) is 24.6 Å². The molecule has 4 N–H and O–H groups in total. The van der Waals surface area contributed by atoms with Crippen LogP contribution in [0.1, 0.15) is 19.8 Å². The van der Waals surface area contributed by atoms with Gasteiger partial charge in [-0.15, -0.1) is 0 Å². The van der Waals surface area contributed by atoms with Gasteiger partial charge >= 0.3 is 0 Å². The molecule has 1 rings (SSSR count). The maximum absolute atomic E-state index is 9.11. The Bertz CT molecular complexity index is 327. The summed E-state index contributed by atoms with van der Waals surface area (Å²) in [5.41, 5.74) is 7.40. The lowest BCUT2D eigenvalue weighted by atomic mass is 10.2. The molecule has 90 valence electrons. The quantitative estimate of drug-likeness (QED) is 0.509. The number of nitrogens with two attached hydrogens (primary N) is 1. The molecule has 0 radical (unpaired) electrons. The van der Waals surface area contributed by atoms with Crippen LogP contribution in [0.2, 0.25) is 0 Å². The minimum absolute atomic E-state index is 0.246. The summed E-state index contributed by atoms with van der Waals surface area (Å²) in [6, 6.07) is 5.52. The number of nitrogen functional groups attached to an aromatic ring is 1. The van der Waals surface area contributed by atoms with Crippen LogP contribution in [0.15, 0.2) is 18.2 Å². The molecule has 4 heteroatoms. The van der Waals surface area contributed by atoms with Gasteiger partial charge in [-0.05, 0) is 31.9 Å². The summed E-state index contributed by atoms with van der Waals surface area (Å²) in [5.74, 6) is 0.784. The van der Waals surface area contributed by atoms with Gasteiger partial charge in [0.2, 0.25) is 0 Å². The van der Waals surface area contributed by atoms with E-state index < -0.39 is 0 Å². The van der Waals surface area contributed by atoms with Crippen molar-refractivity contribution in [3.05, 3.63) is 18.2 Å². The number of hydrogen-bond acceptors (Lipinski definition) is 4. The Balaban J connectivity index is 2.46. The fourth-order valence-corrected chi connectivity index (χ4v) is 1.44. The van der Waals surface area contributed by atoms with E-state index >= 15 is 0 Å². The van der Waals surface area contributed by atoms with Crippen LogP contribution in [-0.4, -0.2) is 24.9 Å². The van der Waals surface area contributed by atoms with E-state index in [-0.39, 0.29) is 6.10 Å². The highest BCUT2D eigenvalue weighted by molar-refractivity contribution is 5.68. The van der Waals surface area contributed by atoms with Crippen LogP contribution in [0.3, 0.4) is 0 Å². The van der Waals surface area contributed by atoms with Crippen molar-refractivity contribution >= 4 is 11.4 Å². The van der Waals surface area contributed by atoms with Crippen molar-refractivity contribution in [2.75, 3.05) is 24.7 Å². The average Bonchev–Trinajstić information content (AvgIpc) is 2.26. The Morgan fingerprint density at radius 1 is 1.50 bits per heavy atom. The van der Waals surface area contributed by atoms with Crippen molar-refractivity contribution in [2.45, 2.75) is 25.9 Å². The molecule has 0 amide bonds. The molecular weight excluding hydrogens is 204 g/mol. The molecule has 16 heavy (non-hydrogen) atoms. The zero-order valence-corrected chi connectivity index (χ0v) is 9.86. The minimum Gasteiger partial charge on any atom is -0.497 e. The van der Waals surface area contributed by atoms with E-state index in [9.17, 15) is 0 Å². The molecule has 0 fully saturated rings. The van der Waals surface area contributed by atoms with Crippen LogP contribution in [0.5, 0.6) is 5.75 Å². The molecule has 0 aliphatic heterocycles. The highest BCUT2D eigenvalue weighted by Crippen LogP contribution is 2.24. The van der Waals surface area contributed by atoms with Gasteiger partial charge in [-0.1, -0.05) is 0 Å². The first kappa shape index (κ1) is 12.6. The Morgan fingerprint density at radius 2 is 2.25 bits per heavy atom. The standard InChI is InChI=1S/C12H20N2O2/c1-9(15)4-3-7-14-12-8-10(16-2)5-6-11(12)13/h5-6,8-9,14-15H,3-4,7,13H2,1-2H3. The number of aliphatic hydroxyl groups is 1. The van der Waals surface area contributed by atoms with Crippen LogP contribution < -0.4 is 15.8 Å². The van der Waals surface area contributed by atoms with E-state index in [1.165, 1.54) is 0 Å². The van der Waals surface area contributed by atoms with Crippen LogP contribution in [0, 0.1) is 0 Å². The molecule has 0 aliphatic rings. The van der Waals surface area contributed by atoms with Gasteiger partial charge in [-0.2, -0.15) is 0 Å². The monoisotopic (exact) mass is 224 g/mol. The topological polar surface area (TPSA) is 67.5 Å². The van der Waals surface area contributed by atoms with Crippen molar-refractivity contribution < 1.29 is 9.84 Å². The highest BCUT2D eigenvalue weighted by Gasteiger charge is 2.01. The lowest BCUT2D eigenvalue weighted by Gasteiger charge is -2.11. The molecule has 0 saturated heterocycles. The first-order valence-electron chi connectivity index (χ1n) is 5.49. The second-order valence-corrected chi connectivity index (χ2v) is 3.87. The van der Waals surface area contributed by atoms with Crippen LogP contribution in [-0.2, 0) is 0 Å². The maximum Gasteiger partial charge on any atom is 0.121 e. The fraction of sp³-hybridized carbons (Fsp3) is 0.500. The lowest BCUT2D eigenvalue weighted by molar-refractivity contribution is 0.183. The van der Waals surface area contributed by atoms with Crippen molar-refractivity contribution in [2.24, 2.45) is 0 Å². The second-order valence-electron chi connectivity index (χ2n) is 3.87. The number of hydrogen-bond donors (Lipinski definition) is 3. The number of nitrogens with one attached hydrogen (secondary N) is 1. The van der Waals surface area contributed by atoms with Gasteiger partial charge in [-0.25, -0.2) is 0 Å². The van der Waals surface area contributed by atoms with E-state index in [0.29, 0.717) is 5.69 Å². The largest absolute Gasteiger partial charge is 0.497 e. The van der Waals surface area contributed by atoms with Crippen molar-refractivity contribution in [3.8, 4) is 5.75 Å². The van der Waals surface area contributed by atoms with Gasteiger partial charge in [0.25, 0.3) is 0 Å². The SMILES string of the molecule is COc1ccc(N)c(NCCCC(C)O)c1. The number of aliphatic hydroxyl groups excluding tert-OH is 1. The zero-order chi connectivity index (χ0) is 12.0. The molecule has 1 aromatic carbocycles. The first-order chi connectivity index (χ1) is 7.63. The summed E-state index contributed by atoms with van der Waals surface area (Å²) in [6.07, 6.45) is 1.45. The number of ether oxygens (including phenoxy) is 1. The molecule has 0 heterocycles. The van der Waals surface area contributed by atoms with Crippen LogP contribution in [0.4, 0.5) is 11.4 Å². The smallest absolute Gasteiger partial charge is 0.121 e. The Labute approximate surface area is 96.4 Å². The van der Waals surface area contributed by atoms with E-state index in [2.05, 4.69) is 5.32 Å². The van der Waals surface area contributed by atoms with Gasteiger partial charge in [0.15, 0.2) is 0 Å². The number of methoxy groups -OCH3 is 1. The minimum atomic E-state index is -0.246. The van der Waals surface area contributed by atoms with E-state index in [0.717, 1.165) is 30.8 Å². The molecule has 0 spiro atoms. The zero-order valence-electron chi connectivity index (χ0n) is 9.86. The van der Waals surface area contributed by atoms with Crippen molar-refractivity contribution in [3.63, 3.8) is 0 Å². The first-order valence-corrected chi connectivity index (χ1v) is 5.49. The summed E-state index contributed by atoms with van der Waals surface area (Å²) in [5, 5.41) is 12.3. The predicted molar refractivity (Wildman–Crippen MR) is 66.8 cm³/mol. The third-order valence-electron chi connectivity index (χ3n) is 2.37. The third kappa shape index (κ3) is 3.98. The summed E-state index contributed by atoms with van der Waals surface area (Å²) in [7, 11) is 1.63. The summed E-state index contributed by atoms with van der Waals surface area (Å²) >= 11 is 0. The highest BCUT2D eigenvalue weighted by atomic mass is 16.5. The average molecular weight is 224 g/mol. The molecule has 1 atom stereocenters. The van der Waals surface area contributed by atoms with Gasteiger partial charge < -0.3 is 20.9 Å². The van der Waals surface area contributed by atoms with Crippen LogP contribution in [0.25, 0.3) is 0 Å². The molecule has 0 aromatic heterocycles.